The summed E-state index contributed by atoms with van der Waals surface area (Å²) in [6.07, 6.45) is 0.944. The van der Waals surface area contributed by atoms with Crippen molar-refractivity contribution in [2.75, 3.05) is 11.0 Å². The second kappa shape index (κ2) is 4.77. The number of allylic oxidation sites excluding steroid dienone is 1. The summed E-state index contributed by atoms with van der Waals surface area (Å²) in [5.41, 5.74) is 1.45. The van der Waals surface area contributed by atoms with Crippen LogP contribution in [-0.4, -0.2) is 19.6 Å². The molecule has 0 aliphatic heterocycles. The van der Waals surface area contributed by atoms with E-state index < -0.39 is 14.9 Å². The van der Waals surface area contributed by atoms with Crippen LogP contribution in [0.3, 0.4) is 0 Å². The molecule has 0 spiro atoms. The Morgan fingerprint density at radius 1 is 1.44 bits per heavy atom. The molecule has 0 heterocycles. The van der Waals surface area contributed by atoms with Gasteiger partial charge in [0.25, 0.3) is 5.69 Å². The Morgan fingerprint density at radius 3 is 2.39 bits per heavy atom. The normalized spacial score (nSPS) is 11.1. The van der Waals surface area contributed by atoms with Crippen molar-refractivity contribution >= 4 is 27.0 Å². The van der Waals surface area contributed by atoms with Crippen LogP contribution in [0.15, 0.2) is 18.7 Å². The predicted molar refractivity (Wildman–Crippen MR) is 71.0 cm³/mol. The van der Waals surface area contributed by atoms with E-state index in [1.54, 1.807) is 19.9 Å². The molecule has 1 aromatic carbocycles. The third-order valence-electron chi connectivity index (χ3n) is 2.27. The molecule has 0 atom stereocenters. The van der Waals surface area contributed by atoms with Crippen LogP contribution in [0, 0.1) is 17.0 Å². The molecule has 0 saturated heterocycles. The van der Waals surface area contributed by atoms with Gasteiger partial charge in [-0.3, -0.25) is 14.8 Å². The van der Waals surface area contributed by atoms with Crippen molar-refractivity contribution in [3.63, 3.8) is 0 Å². The zero-order valence-corrected chi connectivity index (χ0v) is 11.2. The minimum atomic E-state index is -3.58. The Balaban J connectivity index is 3.52. The Morgan fingerprint density at radius 2 is 2.00 bits per heavy atom. The fraction of sp³-hybridized carbons (Fsp3) is 0.273. The maximum Gasteiger partial charge on any atom is 0.296 e. The molecule has 6 nitrogen and oxygen atoms in total. The summed E-state index contributed by atoms with van der Waals surface area (Å²) in [5.74, 6) is 0. The van der Waals surface area contributed by atoms with Gasteiger partial charge in [-0.15, -0.1) is 0 Å². The van der Waals surface area contributed by atoms with Crippen LogP contribution in [0.25, 0.3) is 5.57 Å². The van der Waals surface area contributed by atoms with E-state index in [9.17, 15) is 18.5 Å². The molecule has 0 fully saturated rings. The number of sulfonamides is 1. The molecule has 0 aliphatic rings. The van der Waals surface area contributed by atoms with E-state index >= 15 is 0 Å². The van der Waals surface area contributed by atoms with Gasteiger partial charge in [-0.1, -0.05) is 12.2 Å². The number of nitrogens with zero attached hydrogens (tertiary/aromatic N) is 1. The Labute approximate surface area is 106 Å². The van der Waals surface area contributed by atoms with Gasteiger partial charge in [0, 0.05) is 5.56 Å². The van der Waals surface area contributed by atoms with Crippen LogP contribution in [-0.2, 0) is 10.0 Å². The molecular formula is C11H14N2O4S. The minimum absolute atomic E-state index is 0.0412. The summed E-state index contributed by atoms with van der Waals surface area (Å²) in [6.45, 7) is 7.03. The number of rotatable bonds is 4. The predicted octanol–water partition coefficient (Wildman–Crippen LogP) is 2.31. The molecule has 0 aromatic heterocycles. The van der Waals surface area contributed by atoms with Gasteiger partial charge in [-0.2, -0.15) is 0 Å². The summed E-state index contributed by atoms with van der Waals surface area (Å²) < 4.78 is 24.6. The molecule has 18 heavy (non-hydrogen) atoms. The third-order valence-corrected chi connectivity index (χ3v) is 2.86. The van der Waals surface area contributed by atoms with E-state index in [2.05, 4.69) is 11.3 Å². The number of nitrogens with one attached hydrogen (secondary N) is 1. The molecule has 0 aliphatic carbocycles. The smallest absolute Gasteiger partial charge is 0.277 e. The molecule has 98 valence electrons. The summed E-state index contributed by atoms with van der Waals surface area (Å²) >= 11 is 0. The lowest BCUT2D eigenvalue weighted by atomic mass is 10.0. The topological polar surface area (TPSA) is 89.3 Å². The Hall–Kier alpha value is -1.89. The molecular weight excluding hydrogens is 256 g/mol. The second-order valence-corrected chi connectivity index (χ2v) is 5.85. The van der Waals surface area contributed by atoms with Crippen molar-refractivity contribution in [2.24, 2.45) is 0 Å². The molecule has 1 rings (SSSR count). The fourth-order valence-corrected chi connectivity index (χ4v) is 2.10. The highest BCUT2D eigenvalue weighted by atomic mass is 32.2. The quantitative estimate of drug-likeness (QED) is 0.671. The van der Waals surface area contributed by atoms with Gasteiger partial charge in [-0.05, 0) is 31.5 Å². The van der Waals surface area contributed by atoms with Crippen LogP contribution in [0.4, 0.5) is 11.4 Å². The molecule has 0 saturated carbocycles. The van der Waals surface area contributed by atoms with Crippen LogP contribution < -0.4 is 4.72 Å². The van der Waals surface area contributed by atoms with E-state index in [1.807, 2.05) is 0 Å². The van der Waals surface area contributed by atoms with Crippen molar-refractivity contribution in [1.82, 2.24) is 0 Å². The molecule has 0 unspecified atom stereocenters. The number of aryl methyl sites for hydroxylation is 1. The molecule has 0 amide bonds. The Bertz CT molecular complexity index is 620. The van der Waals surface area contributed by atoms with Gasteiger partial charge in [0.05, 0.1) is 11.2 Å². The van der Waals surface area contributed by atoms with Crippen molar-refractivity contribution in [3.05, 3.63) is 40.0 Å². The molecule has 1 aromatic rings. The average molecular weight is 270 g/mol. The van der Waals surface area contributed by atoms with Gasteiger partial charge in [0.1, 0.15) is 5.69 Å². The zero-order chi connectivity index (χ0) is 14.1. The lowest BCUT2D eigenvalue weighted by Gasteiger charge is -2.10. The van der Waals surface area contributed by atoms with E-state index in [0.29, 0.717) is 16.7 Å². The molecule has 0 radical (unpaired) electrons. The van der Waals surface area contributed by atoms with Crippen LogP contribution in [0.5, 0.6) is 0 Å². The fourth-order valence-electron chi connectivity index (χ4n) is 1.55. The van der Waals surface area contributed by atoms with Crippen LogP contribution >= 0.6 is 0 Å². The first-order valence-electron chi connectivity index (χ1n) is 5.04. The number of benzene rings is 1. The number of nitro groups is 1. The molecule has 0 bridgehead atoms. The van der Waals surface area contributed by atoms with Crippen molar-refractivity contribution in [2.45, 2.75) is 13.8 Å². The lowest BCUT2D eigenvalue weighted by Crippen LogP contribution is -2.12. The maximum atomic E-state index is 11.2. The highest BCUT2D eigenvalue weighted by Crippen LogP contribution is 2.32. The first kappa shape index (κ1) is 14.2. The summed E-state index contributed by atoms with van der Waals surface area (Å²) in [6, 6.07) is 3.02. The lowest BCUT2D eigenvalue weighted by molar-refractivity contribution is -0.384. The minimum Gasteiger partial charge on any atom is -0.277 e. The Kier molecular flexibility index (Phi) is 3.76. The number of anilines is 1. The van der Waals surface area contributed by atoms with Crippen molar-refractivity contribution in [1.29, 1.82) is 0 Å². The van der Waals surface area contributed by atoms with E-state index in [0.717, 1.165) is 6.26 Å². The summed E-state index contributed by atoms with van der Waals surface area (Å²) in [7, 11) is -3.58. The standard InChI is InChI=1S/C11H14N2O4S/c1-7(2)9-5-8(3)11(13(14)15)10(6-9)12-18(4,16)17/h5-6,12H,1H2,2-4H3. The molecule has 7 heteroatoms. The molecule has 1 N–H and O–H groups in total. The summed E-state index contributed by atoms with van der Waals surface area (Å²) in [4.78, 5) is 10.4. The monoisotopic (exact) mass is 270 g/mol. The maximum absolute atomic E-state index is 11.2. The van der Waals surface area contributed by atoms with Gasteiger partial charge >= 0.3 is 0 Å². The van der Waals surface area contributed by atoms with Crippen molar-refractivity contribution in [3.8, 4) is 0 Å². The van der Waals surface area contributed by atoms with E-state index in [1.165, 1.54) is 6.07 Å². The highest BCUT2D eigenvalue weighted by molar-refractivity contribution is 7.92. The number of nitro benzene ring substituents is 1. The first-order valence-corrected chi connectivity index (χ1v) is 6.93. The second-order valence-electron chi connectivity index (χ2n) is 4.10. The van der Waals surface area contributed by atoms with Gasteiger partial charge in [-0.25, -0.2) is 8.42 Å². The average Bonchev–Trinajstić information content (AvgIpc) is 2.12. The van der Waals surface area contributed by atoms with Crippen LogP contribution in [0.1, 0.15) is 18.1 Å². The van der Waals surface area contributed by atoms with Gasteiger partial charge in [0.15, 0.2) is 0 Å². The van der Waals surface area contributed by atoms with Crippen molar-refractivity contribution < 1.29 is 13.3 Å². The van der Waals surface area contributed by atoms with Crippen LogP contribution in [0.2, 0.25) is 0 Å². The largest absolute Gasteiger partial charge is 0.296 e. The zero-order valence-electron chi connectivity index (χ0n) is 10.4. The SMILES string of the molecule is C=C(C)c1cc(C)c([N+](=O)[O-])c(NS(C)(=O)=O)c1. The van der Waals surface area contributed by atoms with E-state index in [4.69, 9.17) is 0 Å². The van der Waals surface area contributed by atoms with Gasteiger partial charge < -0.3 is 0 Å². The van der Waals surface area contributed by atoms with E-state index in [-0.39, 0.29) is 11.4 Å². The highest BCUT2D eigenvalue weighted by Gasteiger charge is 2.21. The third kappa shape index (κ3) is 3.30. The van der Waals surface area contributed by atoms with Gasteiger partial charge in [0.2, 0.25) is 10.0 Å². The summed E-state index contributed by atoms with van der Waals surface area (Å²) in [5, 5.41) is 11.0. The first-order chi connectivity index (χ1) is 8.11. The number of hydrogen-bond acceptors (Lipinski definition) is 4. The number of hydrogen-bond donors (Lipinski definition) is 1.